The fraction of sp³-hybridized carbons (Fsp3) is 0.412. The number of hydrogen-bond donors (Lipinski definition) is 2. The van der Waals surface area contributed by atoms with Crippen LogP contribution in [0.5, 0.6) is 0 Å². The summed E-state index contributed by atoms with van der Waals surface area (Å²) in [6.07, 6.45) is 5.55. The molecule has 2 amide bonds. The Kier molecular flexibility index (Phi) is 13.7. The minimum Gasteiger partial charge on any atom is -0.463 e. The van der Waals surface area contributed by atoms with Gasteiger partial charge in [-0.05, 0) is 43.2 Å². The summed E-state index contributed by atoms with van der Waals surface area (Å²) in [5.74, 6) is -3.43. The van der Waals surface area contributed by atoms with E-state index in [9.17, 15) is 24.3 Å². The van der Waals surface area contributed by atoms with Crippen LogP contribution < -0.4 is 5.32 Å². The molecule has 0 radical (unpaired) electrons. The van der Waals surface area contributed by atoms with Crippen LogP contribution in [0.4, 0.5) is 0 Å². The van der Waals surface area contributed by atoms with Gasteiger partial charge in [-0.1, -0.05) is 72.8 Å². The molecule has 1 aliphatic rings. The molecule has 1 saturated heterocycles. The highest BCUT2D eigenvalue weighted by atomic mass is 16.6. The third-order valence-electron chi connectivity index (χ3n) is 7.48. The molecule has 2 aromatic rings. The van der Waals surface area contributed by atoms with Gasteiger partial charge < -0.3 is 24.8 Å². The van der Waals surface area contributed by atoms with Gasteiger partial charge in [-0.15, -0.1) is 13.2 Å². The second-order valence-corrected chi connectivity index (χ2v) is 10.7. The summed E-state index contributed by atoms with van der Waals surface area (Å²) in [6, 6.07) is 17.0. The van der Waals surface area contributed by atoms with Gasteiger partial charge in [-0.2, -0.15) is 0 Å². The molecule has 0 spiro atoms. The smallest absolute Gasteiger partial charge is 0.332 e. The van der Waals surface area contributed by atoms with E-state index in [4.69, 9.17) is 9.47 Å². The highest BCUT2D eigenvalue weighted by Crippen LogP contribution is 2.21. The minimum atomic E-state index is -1.29. The molecule has 1 heterocycles. The maximum atomic E-state index is 13.4. The quantitative estimate of drug-likeness (QED) is 0.213. The fourth-order valence-corrected chi connectivity index (χ4v) is 5.10. The molecule has 9 heteroatoms. The topological polar surface area (TPSA) is 122 Å². The molecule has 2 aromatic carbocycles. The summed E-state index contributed by atoms with van der Waals surface area (Å²) in [7, 11) is 0. The molecule has 0 aliphatic carbocycles. The van der Waals surface area contributed by atoms with Crippen molar-refractivity contribution in [3.63, 3.8) is 0 Å². The second kappa shape index (κ2) is 17.7. The Morgan fingerprint density at radius 2 is 1.53 bits per heavy atom. The number of hydrogen-bond acceptors (Lipinski definition) is 7. The van der Waals surface area contributed by atoms with E-state index in [-0.39, 0.29) is 38.0 Å². The Labute approximate surface area is 253 Å². The van der Waals surface area contributed by atoms with Crippen molar-refractivity contribution in [1.82, 2.24) is 10.2 Å². The van der Waals surface area contributed by atoms with Gasteiger partial charge >= 0.3 is 11.9 Å². The van der Waals surface area contributed by atoms with Crippen molar-refractivity contribution in [2.75, 3.05) is 19.8 Å². The van der Waals surface area contributed by atoms with Crippen molar-refractivity contribution in [2.45, 2.75) is 57.2 Å². The third kappa shape index (κ3) is 10.5. The number of nitrogens with zero attached hydrogens (tertiary/aromatic N) is 1. The average Bonchev–Trinajstić information content (AvgIpc) is 3.51. The number of rotatable bonds is 17. The van der Waals surface area contributed by atoms with E-state index in [1.165, 1.54) is 6.08 Å². The van der Waals surface area contributed by atoms with Gasteiger partial charge in [-0.25, -0.2) is 4.79 Å². The lowest BCUT2D eigenvalue weighted by atomic mass is 9.96. The molecule has 43 heavy (non-hydrogen) atoms. The number of likely N-dealkylation sites (tertiary alicyclic amines) is 1. The number of nitrogens with one attached hydrogen (secondary N) is 1. The summed E-state index contributed by atoms with van der Waals surface area (Å²) in [5.41, 5.74) is 1.71. The lowest BCUT2D eigenvalue weighted by molar-refractivity contribution is -0.157. The summed E-state index contributed by atoms with van der Waals surface area (Å²) in [6.45, 7) is 7.38. The van der Waals surface area contributed by atoms with E-state index in [0.29, 0.717) is 25.8 Å². The number of aliphatic hydroxyl groups excluding tert-OH is 1. The van der Waals surface area contributed by atoms with E-state index in [1.807, 2.05) is 48.5 Å². The fourth-order valence-electron chi connectivity index (χ4n) is 5.10. The Balaban J connectivity index is 1.70. The van der Waals surface area contributed by atoms with Gasteiger partial charge in [-0.3, -0.25) is 14.4 Å². The highest BCUT2D eigenvalue weighted by molar-refractivity contribution is 5.89. The van der Waals surface area contributed by atoms with E-state index >= 15 is 0 Å². The first-order valence-electron chi connectivity index (χ1n) is 14.7. The lowest BCUT2D eigenvalue weighted by Gasteiger charge is -2.26. The molecule has 1 aliphatic heterocycles. The maximum Gasteiger partial charge on any atom is 0.332 e. The second-order valence-electron chi connectivity index (χ2n) is 10.7. The van der Waals surface area contributed by atoms with Crippen molar-refractivity contribution in [3.8, 4) is 0 Å². The largest absolute Gasteiger partial charge is 0.463 e. The molecule has 0 saturated carbocycles. The third-order valence-corrected chi connectivity index (χ3v) is 7.48. The van der Waals surface area contributed by atoms with Crippen LogP contribution in [0.15, 0.2) is 86.0 Å². The van der Waals surface area contributed by atoms with Gasteiger partial charge in [0.05, 0.1) is 24.5 Å². The van der Waals surface area contributed by atoms with Crippen LogP contribution in [-0.2, 0) is 41.7 Å². The van der Waals surface area contributed by atoms with Gasteiger partial charge in [0.2, 0.25) is 11.8 Å². The first kappa shape index (κ1) is 33.3. The summed E-state index contributed by atoms with van der Waals surface area (Å²) < 4.78 is 11.0. The standard InChI is InChI=1S/C34H42N2O7/c1-3-12-27(21-31(38)36-19-11-18-29(36)22-37)32(39)35-30(34(41)42-23-26-16-9-6-10-17-26)24-43-33(40)28(13-4-2)20-25-14-7-5-8-15-25/h3-10,14-17,27-30,37H,1-2,11-13,18-24H2,(H,35,39)/t27-,28-,29+,30-/m1/s1. The summed E-state index contributed by atoms with van der Waals surface area (Å²) >= 11 is 0. The molecule has 1 fully saturated rings. The zero-order valence-corrected chi connectivity index (χ0v) is 24.6. The normalized spacial score (nSPS) is 16.4. The molecule has 3 rings (SSSR count). The Morgan fingerprint density at radius 3 is 2.16 bits per heavy atom. The van der Waals surface area contributed by atoms with Crippen molar-refractivity contribution >= 4 is 23.8 Å². The Bertz CT molecular complexity index is 1220. The molecule has 0 unspecified atom stereocenters. The van der Waals surface area contributed by atoms with Crippen LogP contribution in [0.25, 0.3) is 0 Å². The van der Waals surface area contributed by atoms with E-state index in [1.54, 1.807) is 23.1 Å². The van der Waals surface area contributed by atoms with Gasteiger partial charge in [0.15, 0.2) is 6.04 Å². The first-order valence-corrected chi connectivity index (χ1v) is 14.7. The number of benzene rings is 2. The maximum absolute atomic E-state index is 13.4. The van der Waals surface area contributed by atoms with Crippen LogP contribution in [0.3, 0.4) is 0 Å². The Morgan fingerprint density at radius 1 is 0.907 bits per heavy atom. The molecule has 2 N–H and O–H groups in total. The van der Waals surface area contributed by atoms with Crippen LogP contribution >= 0.6 is 0 Å². The minimum absolute atomic E-state index is 0.0286. The Hall–Kier alpha value is -4.24. The number of aliphatic hydroxyl groups is 1. The van der Waals surface area contributed by atoms with Crippen LogP contribution in [0.2, 0.25) is 0 Å². The number of esters is 2. The molecule has 9 nitrogen and oxygen atoms in total. The monoisotopic (exact) mass is 590 g/mol. The number of amides is 2. The van der Waals surface area contributed by atoms with Crippen molar-refractivity contribution in [3.05, 3.63) is 97.1 Å². The van der Waals surface area contributed by atoms with Crippen LogP contribution in [0, 0.1) is 11.8 Å². The predicted molar refractivity (Wildman–Crippen MR) is 162 cm³/mol. The van der Waals surface area contributed by atoms with Crippen molar-refractivity contribution in [1.29, 1.82) is 0 Å². The van der Waals surface area contributed by atoms with E-state index < -0.39 is 42.3 Å². The molecule has 4 atom stereocenters. The number of ether oxygens (including phenoxy) is 2. The van der Waals surface area contributed by atoms with Crippen LogP contribution in [-0.4, -0.2) is 65.6 Å². The average molecular weight is 591 g/mol. The zero-order chi connectivity index (χ0) is 31.0. The SMILES string of the molecule is C=CC[C@H](CC(=O)N1CCC[C@H]1CO)C(=O)N[C@H](COC(=O)[C@H](CC=C)Cc1ccccc1)C(=O)OCc1ccccc1. The highest BCUT2D eigenvalue weighted by Gasteiger charge is 2.33. The van der Waals surface area contributed by atoms with Gasteiger partial charge in [0.1, 0.15) is 13.2 Å². The van der Waals surface area contributed by atoms with Crippen molar-refractivity contribution in [2.24, 2.45) is 11.8 Å². The molecular formula is C34H42N2O7. The molecule has 0 aromatic heterocycles. The summed E-state index contributed by atoms with van der Waals surface area (Å²) in [5, 5.41) is 12.3. The summed E-state index contributed by atoms with van der Waals surface area (Å²) in [4.78, 5) is 54.3. The molecule has 0 bridgehead atoms. The van der Waals surface area contributed by atoms with Crippen molar-refractivity contribution < 1.29 is 33.8 Å². The zero-order valence-electron chi connectivity index (χ0n) is 24.6. The number of carbonyl (C=O) groups is 4. The number of carbonyl (C=O) groups excluding carboxylic acids is 4. The molecule has 230 valence electrons. The molecular weight excluding hydrogens is 548 g/mol. The van der Waals surface area contributed by atoms with E-state index in [0.717, 1.165) is 17.5 Å². The van der Waals surface area contributed by atoms with E-state index in [2.05, 4.69) is 18.5 Å². The predicted octanol–water partition coefficient (Wildman–Crippen LogP) is 3.76. The lowest BCUT2D eigenvalue weighted by Crippen LogP contribution is -2.48. The van der Waals surface area contributed by atoms with Gasteiger partial charge in [0.25, 0.3) is 0 Å². The van der Waals surface area contributed by atoms with Gasteiger partial charge in [0, 0.05) is 13.0 Å². The number of allylic oxidation sites excluding steroid dienone is 2. The first-order chi connectivity index (χ1) is 20.9. The van der Waals surface area contributed by atoms with Crippen LogP contribution in [0.1, 0.15) is 43.2 Å².